The molecule has 1 saturated carbocycles. The Morgan fingerprint density at radius 2 is 1.83 bits per heavy atom. The molecule has 1 aromatic rings. The van der Waals surface area contributed by atoms with Crippen molar-refractivity contribution < 1.29 is 9.53 Å². The molecular weight excluding hydrogens is 300 g/mol. The number of hydrogen-bond acceptors (Lipinski definition) is 3. The Morgan fingerprint density at radius 3 is 2.42 bits per heavy atom. The van der Waals surface area contributed by atoms with Crippen LogP contribution in [0, 0.1) is 5.92 Å². The largest absolute Gasteiger partial charge is 0.444 e. The maximum Gasteiger partial charge on any atom is 0.410 e. The van der Waals surface area contributed by atoms with Crippen LogP contribution in [0.3, 0.4) is 0 Å². The van der Waals surface area contributed by atoms with Crippen LogP contribution in [-0.2, 0) is 24.0 Å². The van der Waals surface area contributed by atoms with Gasteiger partial charge in [0.25, 0.3) is 0 Å². The summed E-state index contributed by atoms with van der Waals surface area (Å²) < 4.78 is 5.51. The number of benzene rings is 1. The molecule has 3 rings (SSSR count). The third-order valence-corrected chi connectivity index (χ3v) is 4.93. The summed E-state index contributed by atoms with van der Waals surface area (Å²) in [4.78, 5) is 14.1. The van der Waals surface area contributed by atoms with Gasteiger partial charge in [0.05, 0.1) is 0 Å². The van der Waals surface area contributed by atoms with E-state index in [-0.39, 0.29) is 6.09 Å². The molecule has 132 valence electrons. The lowest BCUT2D eigenvalue weighted by atomic mass is 9.96. The molecule has 0 atom stereocenters. The molecule has 24 heavy (non-hydrogen) atoms. The van der Waals surface area contributed by atoms with Gasteiger partial charge in [0.1, 0.15) is 5.60 Å². The van der Waals surface area contributed by atoms with E-state index in [0.717, 1.165) is 30.9 Å². The van der Waals surface area contributed by atoms with E-state index in [0.29, 0.717) is 13.1 Å². The molecule has 1 amide bonds. The zero-order chi connectivity index (χ0) is 17.3. The highest BCUT2D eigenvalue weighted by Gasteiger charge is 2.25. The number of nitrogen functional groups attached to an aromatic ring is 1. The van der Waals surface area contributed by atoms with E-state index in [1.165, 1.54) is 36.0 Å². The Labute approximate surface area is 145 Å². The molecular formula is C20H30N2O2. The number of fused-ring (bicyclic) bond motifs is 1. The highest BCUT2D eigenvalue weighted by molar-refractivity contribution is 5.68. The lowest BCUT2D eigenvalue weighted by Crippen LogP contribution is -2.38. The standard InChI is InChI=1S/C20H30N2O2/c1-20(2,3)24-19(23)22-10-8-15-12-17(7-6-14-4-5-14)18(21)13-16(15)9-11-22/h12-14H,4-11,21H2,1-3H3. The number of carbonyl (C=O) groups excluding carboxylic acids is 1. The van der Waals surface area contributed by atoms with E-state index < -0.39 is 5.60 Å². The van der Waals surface area contributed by atoms with Gasteiger partial charge in [-0.1, -0.05) is 18.9 Å². The summed E-state index contributed by atoms with van der Waals surface area (Å²) in [5.74, 6) is 0.922. The van der Waals surface area contributed by atoms with Crippen molar-refractivity contribution in [1.82, 2.24) is 4.90 Å². The number of nitrogens with two attached hydrogens (primary N) is 1. The van der Waals surface area contributed by atoms with Crippen LogP contribution in [0.15, 0.2) is 12.1 Å². The number of anilines is 1. The molecule has 2 N–H and O–H groups in total. The Morgan fingerprint density at radius 1 is 1.21 bits per heavy atom. The van der Waals surface area contributed by atoms with Crippen LogP contribution >= 0.6 is 0 Å². The van der Waals surface area contributed by atoms with Crippen LogP contribution in [0.25, 0.3) is 0 Å². The molecule has 1 aliphatic heterocycles. The first-order valence-electron chi connectivity index (χ1n) is 9.20. The Bertz CT molecular complexity index is 615. The van der Waals surface area contributed by atoms with Crippen molar-refractivity contribution in [3.63, 3.8) is 0 Å². The van der Waals surface area contributed by atoms with Crippen LogP contribution in [0.1, 0.15) is 56.7 Å². The van der Waals surface area contributed by atoms with E-state index in [1.54, 1.807) is 0 Å². The number of rotatable bonds is 3. The van der Waals surface area contributed by atoms with E-state index in [1.807, 2.05) is 25.7 Å². The molecule has 1 aromatic carbocycles. The minimum absolute atomic E-state index is 0.211. The summed E-state index contributed by atoms with van der Waals surface area (Å²) in [6.07, 6.45) is 6.63. The molecule has 4 nitrogen and oxygen atoms in total. The fourth-order valence-electron chi connectivity index (χ4n) is 3.34. The normalized spacial score (nSPS) is 18.0. The Hall–Kier alpha value is -1.71. The molecule has 0 unspecified atom stereocenters. The van der Waals surface area contributed by atoms with Crippen molar-refractivity contribution >= 4 is 11.8 Å². The van der Waals surface area contributed by atoms with Gasteiger partial charge < -0.3 is 15.4 Å². The van der Waals surface area contributed by atoms with E-state index in [2.05, 4.69) is 12.1 Å². The van der Waals surface area contributed by atoms with Crippen LogP contribution in [0.5, 0.6) is 0 Å². The van der Waals surface area contributed by atoms with Crippen LogP contribution < -0.4 is 5.73 Å². The summed E-state index contributed by atoms with van der Waals surface area (Å²) in [6.45, 7) is 7.13. The molecule has 1 aliphatic carbocycles. The number of ether oxygens (including phenoxy) is 1. The van der Waals surface area contributed by atoms with Crippen molar-refractivity contribution in [2.45, 2.75) is 64.9 Å². The van der Waals surface area contributed by atoms with Gasteiger partial charge in [0.15, 0.2) is 0 Å². The van der Waals surface area contributed by atoms with Gasteiger partial charge in [-0.2, -0.15) is 0 Å². The minimum Gasteiger partial charge on any atom is -0.444 e. The summed E-state index contributed by atoms with van der Waals surface area (Å²) in [5.41, 5.74) is 10.7. The van der Waals surface area contributed by atoms with Gasteiger partial charge >= 0.3 is 6.09 Å². The summed E-state index contributed by atoms with van der Waals surface area (Å²) in [6, 6.07) is 4.42. The fraction of sp³-hybridized carbons (Fsp3) is 0.650. The van der Waals surface area contributed by atoms with Gasteiger partial charge in [-0.3, -0.25) is 0 Å². The van der Waals surface area contributed by atoms with Crippen LogP contribution in [0.2, 0.25) is 0 Å². The van der Waals surface area contributed by atoms with Crippen LogP contribution in [-0.4, -0.2) is 29.7 Å². The molecule has 0 radical (unpaired) electrons. The average molecular weight is 330 g/mol. The first kappa shape index (κ1) is 17.1. The van der Waals surface area contributed by atoms with Crippen molar-refractivity contribution in [2.75, 3.05) is 18.8 Å². The van der Waals surface area contributed by atoms with Gasteiger partial charge in [-0.15, -0.1) is 0 Å². The molecule has 2 aliphatic rings. The van der Waals surface area contributed by atoms with Gasteiger partial charge in [0.2, 0.25) is 0 Å². The molecule has 0 aromatic heterocycles. The zero-order valence-electron chi connectivity index (χ0n) is 15.2. The molecule has 0 saturated heterocycles. The van der Waals surface area contributed by atoms with E-state index >= 15 is 0 Å². The van der Waals surface area contributed by atoms with Crippen molar-refractivity contribution in [3.8, 4) is 0 Å². The third-order valence-electron chi connectivity index (χ3n) is 4.93. The van der Waals surface area contributed by atoms with E-state index in [4.69, 9.17) is 10.5 Å². The predicted octanol–water partition coefficient (Wildman–Crippen LogP) is 3.95. The third kappa shape index (κ3) is 4.43. The van der Waals surface area contributed by atoms with Gasteiger partial charge in [-0.25, -0.2) is 4.79 Å². The molecule has 4 heteroatoms. The first-order valence-corrected chi connectivity index (χ1v) is 9.20. The smallest absolute Gasteiger partial charge is 0.410 e. The SMILES string of the molecule is CC(C)(C)OC(=O)N1CCc2cc(N)c(CCC3CC3)cc2CC1. The second-order valence-corrected chi connectivity index (χ2v) is 8.27. The van der Waals surface area contributed by atoms with Gasteiger partial charge in [-0.05, 0) is 75.1 Å². The number of nitrogens with zero attached hydrogens (tertiary/aromatic N) is 1. The summed E-state index contributed by atoms with van der Waals surface area (Å²) in [7, 11) is 0. The second kappa shape index (κ2) is 6.66. The van der Waals surface area contributed by atoms with E-state index in [9.17, 15) is 4.79 Å². The predicted molar refractivity (Wildman–Crippen MR) is 97.1 cm³/mol. The number of aryl methyl sites for hydroxylation is 1. The second-order valence-electron chi connectivity index (χ2n) is 8.27. The lowest BCUT2D eigenvalue weighted by Gasteiger charge is -2.26. The topological polar surface area (TPSA) is 55.6 Å². The number of carbonyl (C=O) groups is 1. The molecule has 0 spiro atoms. The fourth-order valence-corrected chi connectivity index (χ4v) is 3.34. The lowest BCUT2D eigenvalue weighted by molar-refractivity contribution is 0.0258. The highest BCUT2D eigenvalue weighted by Crippen LogP contribution is 2.34. The zero-order valence-corrected chi connectivity index (χ0v) is 15.2. The van der Waals surface area contributed by atoms with Crippen molar-refractivity contribution in [1.29, 1.82) is 0 Å². The first-order chi connectivity index (χ1) is 11.3. The number of hydrogen-bond donors (Lipinski definition) is 1. The maximum absolute atomic E-state index is 12.3. The maximum atomic E-state index is 12.3. The molecule has 1 heterocycles. The quantitative estimate of drug-likeness (QED) is 0.854. The average Bonchev–Trinajstić information content (AvgIpc) is 3.29. The minimum atomic E-state index is -0.448. The molecule has 1 fully saturated rings. The van der Waals surface area contributed by atoms with Crippen LogP contribution in [0.4, 0.5) is 10.5 Å². The molecule has 0 bridgehead atoms. The van der Waals surface area contributed by atoms with Crippen molar-refractivity contribution in [2.24, 2.45) is 5.92 Å². The summed E-state index contributed by atoms with van der Waals surface area (Å²) in [5, 5.41) is 0. The van der Waals surface area contributed by atoms with Crippen molar-refractivity contribution in [3.05, 3.63) is 28.8 Å². The highest BCUT2D eigenvalue weighted by atomic mass is 16.6. The Balaban J connectivity index is 1.67. The number of amides is 1. The monoisotopic (exact) mass is 330 g/mol. The van der Waals surface area contributed by atoms with Gasteiger partial charge in [0, 0.05) is 18.8 Å². The summed E-state index contributed by atoms with van der Waals surface area (Å²) >= 11 is 0. The Kier molecular flexibility index (Phi) is 4.75.